The second-order valence-electron chi connectivity index (χ2n) is 1.89. The predicted octanol–water partition coefficient (Wildman–Crippen LogP) is 0.0918. The lowest BCUT2D eigenvalue weighted by Crippen LogP contribution is -2.30. The van der Waals surface area contributed by atoms with Crippen LogP contribution < -0.4 is 5.84 Å². The first-order chi connectivity index (χ1) is 3.84. The molecule has 0 bridgehead atoms. The number of nitrogens with zero attached hydrogens (tertiary/aromatic N) is 1. The van der Waals surface area contributed by atoms with Crippen molar-refractivity contribution in [2.24, 2.45) is 5.84 Å². The molecule has 2 N–H and O–H groups in total. The second kappa shape index (κ2) is 2.44. The van der Waals surface area contributed by atoms with E-state index in [9.17, 15) is 0 Å². The normalized spacial score (nSPS) is 24.8. The first-order valence-electron chi connectivity index (χ1n) is 2.76. The van der Waals surface area contributed by atoms with Crippen LogP contribution in [0.15, 0.2) is 0 Å². The summed E-state index contributed by atoms with van der Waals surface area (Å²) in [4.78, 5) is 0. The number of hydrogen-bond acceptors (Lipinski definition) is 3. The average molecular weight is 115 g/mol. The minimum absolute atomic E-state index is 0.907. The molecule has 1 aliphatic heterocycles. The topological polar surface area (TPSA) is 38.5 Å². The van der Waals surface area contributed by atoms with Crippen LogP contribution in [0, 0.1) is 6.23 Å². The standard InChI is InChI=1S/C5H11N2O/c1-8-5-3-2-4-7(5)6/h2-4,6H2,1H3. The maximum absolute atomic E-state index is 5.46. The minimum atomic E-state index is 0.907. The zero-order valence-corrected chi connectivity index (χ0v) is 5.05. The van der Waals surface area contributed by atoms with E-state index in [0.29, 0.717) is 0 Å². The van der Waals surface area contributed by atoms with E-state index in [-0.39, 0.29) is 0 Å². The summed E-state index contributed by atoms with van der Waals surface area (Å²) in [6.07, 6.45) is 3.03. The van der Waals surface area contributed by atoms with Gasteiger partial charge in [0, 0.05) is 13.7 Å². The van der Waals surface area contributed by atoms with Crippen LogP contribution in [0.5, 0.6) is 0 Å². The van der Waals surface area contributed by atoms with Gasteiger partial charge in [0.2, 0.25) is 0 Å². The van der Waals surface area contributed by atoms with Crippen molar-refractivity contribution >= 4 is 0 Å². The third-order valence-electron chi connectivity index (χ3n) is 1.35. The monoisotopic (exact) mass is 115 g/mol. The summed E-state index contributed by atoms with van der Waals surface area (Å²) in [5.41, 5.74) is 0. The zero-order valence-electron chi connectivity index (χ0n) is 5.05. The molecular weight excluding hydrogens is 104 g/mol. The van der Waals surface area contributed by atoms with E-state index in [1.807, 2.05) is 0 Å². The van der Waals surface area contributed by atoms with Gasteiger partial charge in [0.1, 0.15) is 0 Å². The van der Waals surface area contributed by atoms with E-state index < -0.39 is 0 Å². The van der Waals surface area contributed by atoms with Gasteiger partial charge < -0.3 is 4.74 Å². The lowest BCUT2D eigenvalue weighted by atomic mass is 10.4. The quantitative estimate of drug-likeness (QED) is 0.492. The fourth-order valence-electron chi connectivity index (χ4n) is 0.888. The van der Waals surface area contributed by atoms with Gasteiger partial charge in [-0.05, 0) is 12.8 Å². The van der Waals surface area contributed by atoms with Crippen LogP contribution in [0.2, 0.25) is 0 Å². The molecule has 0 aromatic heterocycles. The third-order valence-corrected chi connectivity index (χ3v) is 1.35. The molecule has 8 heavy (non-hydrogen) atoms. The van der Waals surface area contributed by atoms with Crippen LogP contribution in [0.25, 0.3) is 0 Å². The molecule has 1 saturated heterocycles. The van der Waals surface area contributed by atoms with Crippen molar-refractivity contribution in [3.05, 3.63) is 6.23 Å². The number of hydrazine groups is 1. The Balaban J connectivity index is 2.30. The van der Waals surface area contributed by atoms with Crippen molar-refractivity contribution in [2.45, 2.75) is 12.8 Å². The molecule has 0 atom stereocenters. The maximum Gasteiger partial charge on any atom is 0.177 e. The molecule has 1 radical (unpaired) electrons. The van der Waals surface area contributed by atoms with Crippen molar-refractivity contribution < 1.29 is 4.74 Å². The smallest absolute Gasteiger partial charge is 0.177 e. The van der Waals surface area contributed by atoms with E-state index in [1.165, 1.54) is 0 Å². The lowest BCUT2D eigenvalue weighted by Gasteiger charge is -2.13. The Hall–Kier alpha value is -0.120. The molecular formula is C5H11N2O. The molecule has 0 unspecified atom stereocenters. The Bertz CT molecular complexity index is 76.8. The van der Waals surface area contributed by atoms with Crippen LogP contribution in [-0.2, 0) is 4.74 Å². The van der Waals surface area contributed by atoms with Crippen LogP contribution in [0.4, 0.5) is 0 Å². The first kappa shape index (κ1) is 6.01. The molecule has 1 fully saturated rings. The summed E-state index contributed by atoms with van der Waals surface area (Å²) >= 11 is 0. The Morgan fingerprint density at radius 1 is 1.75 bits per heavy atom. The van der Waals surface area contributed by atoms with Gasteiger partial charge in [0.25, 0.3) is 0 Å². The molecule has 0 aromatic rings. The summed E-state index contributed by atoms with van der Waals surface area (Å²) in [5, 5.41) is 1.65. The first-order valence-corrected chi connectivity index (χ1v) is 2.76. The van der Waals surface area contributed by atoms with Crippen molar-refractivity contribution in [1.82, 2.24) is 5.01 Å². The summed E-state index contributed by atoms with van der Waals surface area (Å²) in [5.74, 6) is 5.46. The summed E-state index contributed by atoms with van der Waals surface area (Å²) in [6.45, 7) is 0.934. The number of nitrogens with two attached hydrogens (primary N) is 1. The van der Waals surface area contributed by atoms with E-state index in [0.717, 1.165) is 25.6 Å². The molecule has 1 heterocycles. The molecule has 47 valence electrons. The van der Waals surface area contributed by atoms with Gasteiger partial charge in [-0.2, -0.15) is 0 Å². The summed E-state index contributed by atoms with van der Waals surface area (Å²) in [6, 6.07) is 0. The number of ether oxygens (including phenoxy) is 1. The summed E-state index contributed by atoms with van der Waals surface area (Å²) in [7, 11) is 1.65. The van der Waals surface area contributed by atoms with Gasteiger partial charge >= 0.3 is 0 Å². The zero-order chi connectivity index (χ0) is 5.98. The number of methoxy groups -OCH3 is 1. The van der Waals surface area contributed by atoms with E-state index >= 15 is 0 Å². The van der Waals surface area contributed by atoms with Gasteiger partial charge in [-0.3, -0.25) is 5.84 Å². The SMILES string of the molecule is CO[C]1CCCN1N. The Morgan fingerprint density at radius 3 is 2.75 bits per heavy atom. The molecule has 0 aliphatic carbocycles. The van der Waals surface area contributed by atoms with Crippen LogP contribution >= 0.6 is 0 Å². The van der Waals surface area contributed by atoms with Crippen molar-refractivity contribution in [3.63, 3.8) is 0 Å². The Kier molecular flexibility index (Phi) is 1.83. The van der Waals surface area contributed by atoms with Crippen LogP contribution in [0.3, 0.4) is 0 Å². The van der Waals surface area contributed by atoms with Crippen LogP contribution in [-0.4, -0.2) is 18.7 Å². The van der Waals surface area contributed by atoms with Crippen molar-refractivity contribution in [3.8, 4) is 0 Å². The van der Waals surface area contributed by atoms with Gasteiger partial charge in [0.05, 0.1) is 0 Å². The third kappa shape index (κ3) is 0.992. The van der Waals surface area contributed by atoms with Crippen LogP contribution in [0.1, 0.15) is 12.8 Å². The second-order valence-corrected chi connectivity index (χ2v) is 1.89. The largest absolute Gasteiger partial charge is 0.358 e. The van der Waals surface area contributed by atoms with E-state index in [4.69, 9.17) is 10.6 Å². The average Bonchev–Trinajstić information content (AvgIpc) is 2.14. The Morgan fingerprint density at radius 2 is 2.50 bits per heavy atom. The maximum atomic E-state index is 5.46. The van der Waals surface area contributed by atoms with Gasteiger partial charge in [-0.15, -0.1) is 0 Å². The molecule has 3 nitrogen and oxygen atoms in total. The van der Waals surface area contributed by atoms with E-state index in [1.54, 1.807) is 12.1 Å². The Labute approximate surface area is 49.4 Å². The predicted molar refractivity (Wildman–Crippen MR) is 30.4 cm³/mol. The molecule has 1 aliphatic rings. The summed E-state index contributed by atoms with van der Waals surface area (Å²) < 4.78 is 4.94. The molecule has 0 aromatic carbocycles. The lowest BCUT2D eigenvalue weighted by molar-refractivity contribution is 0.0958. The molecule has 1 rings (SSSR count). The highest BCUT2D eigenvalue weighted by molar-refractivity contribution is 4.81. The molecule has 0 spiro atoms. The minimum Gasteiger partial charge on any atom is -0.358 e. The molecule has 0 saturated carbocycles. The molecule has 3 heteroatoms. The van der Waals surface area contributed by atoms with Gasteiger partial charge in [0.15, 0.2) is 6.23 Å². The number of hydrogen-bond donors (Lipinski definition) is 1. The number of rotatable bonds is 1. The van der Waals surface area contributed by atoms with Gasteiger partial charge in [-0.25, -0.2) is 5.01 Å². The highest BCUT2D eigenvalue weighted by Crippen LogP contribution is 2.19. The molecule has 0 amide bonds. The van der Waals surface area contributed by atoms with E-state index in [2.05, 4.69) is 0 Å². The fraction of sp³-hybridized carbons (Fsp3) is 0.800. The highest BCUT2D eigenvalue weighted by atomic mass is 16.5. The highest BCUT2D eigenvalue weighted by Gasteiger charge is 2.21. The van der Waals surface area contributed by atoms with Gasteiger partial charge in [-0.1, -0.05) is 0 Å². The fourth-order valence-corrected chi connectivity index (χ4v) is 0.888. The van der Waals surface area contributed by atoms with Crippen molar-refractivity contribution in [1.29, 1.82) is 0 Å². The van der Waals surface area contributed by atoms with Crippen molar-refractivity contribution in [2.75, 3.05) is 13.7 Å².